The predicted octanol–water partition coefficient (Wildman–Crippen LogP) is 7.06. The van der Waals surface area contributed by atoms with E-state index in [9.17, 15) is 32.5 Å². The highest BCUT2D eigenvalue weighted by molar-refractivity contribution is 6.01. The first-order valence-electron chi connectivity index (χ1n) is 9.40. The summed E-state index contributed by atoms with van der Waals surface area (Å²) in [4.78, 5) is 0. The topological polar surface area (TPSA) is 47.6 Å². The number of halogens is 5. The molecular formula is C24H17F5N2. The zero-order valence-electron chi connectivity index (χ0n) is 16.7. The number of nitriles is 2. The quantitative estimate of drug-likeness (QED) is 0.492. The van der Waals surface area contributed by atoms with E-state index in [1.165, 1.54) is 12.1 Å². The lowest BCUT2D eigenvalue weighted by atomic mass is 9.87. The Labute approximate surface area is 176 Å². The molecule has 0 radical (unpaired) electrons. The first-order chi connectivity index (χ1) is 14.5. The molecule has 0 fully saturated rings. The van der Waals surface area contributed by atoms with Crippen molar-refractivity contribution in [3.8, 4) is 12.1 Å². The summed E-state index contributed by atoms with van der Waals surface area (Å²) in [5.74, 6) is 0. The van der Waals surface area contributed by atoms with Crippen LogP contribution in [0.1, 0.15) is 40.7 Å². The summed E-state index contributed by atoms with van der Waals surface area (Å²) in [7, 11) is 0. The molecule has 0 bridgehead atoms. The fourth-order valence-electron chi connectivity index (χ4n) is 3.65. The summed E-state index contributed by atoms with van der Waals surface area (Å²) >= 11 is 0. The molecule has 0 spiro atoms. The van der Waals surface area contributed by atoms with Gasteiger partial charge in [-0.25, -0.2) is 8.78 Å². The Morgan fingerprint density at radius 2 is 1.68 bits per heavy atom. The highest BCUT2D eigenvalue weighted by atomic mass is 19.4. The van der Waals surface area contributed by atoms with E-state index in [1.807, 2.05) is 26.0 Å². The molecule has 0 saturated carbocycles. The van der Waals surface area contributed by atoms with Gasteiger partial charge in [0.25, 0.3) is 0 Å². The number of benzene rings is 2. The molecule has 7 heteroatoms. The predicted molar refractivity (Wildman–Crippen MR) is 108 cm³/mol. The lowest BCUT2D eigenvalue weighted by Crippen LogP contribution is -2.10. The zero-order valence-corrected chi connectivity index (χ0v) is 16.7. The first-order valence-corrected chi connectivity index (χ1v) is 9.40. The van der Waals surface area contributed by atoms with Gasteiger partial charge in [-0.2, -0.15) is 23.7 Å². The summed E-state index contributed by atoms with van der Waals surface area (Å²) in [6.07, 6.45) is -5.36. The Morgan fingerprint density at radius 3 is 2.26 bits per heavy atom. The molecule has 0 aromatic heterocycles. The van der Waals surface area contributed by atoms with Crippen LogP contribution in [0, 0.1) is 36.5 Å². The maximum atomic E-state index is 13.6. The van der Waals surface area contributed by atoms with Crippen molar-refractivity contribution in [3.05, 3.63) is 75.4 Å². The summed E-state index contributed by atoms with van der Waals surface area (Å²) < 4.78 is 66.7. The molecular weight excluding hydrogens is 411 g/mol. The van der Waals surface area contributed by atoms with Gasteiger partial charge in [-0.05, 0) is 59.9 Å². The standard InChI is InChI=1S/C24H17F5N2/c1-13-5-16-9-18(11-30)21(12-31)23(20(16)6-14(13)2)17-7-15(8-22(25)26)3-4-19(10-17)24(27,28)29/h4-7,9-10,22H,3,8H2,1-2H3. The zero-order chi connectivity index (χ0) is 22.9. The largest absolute Gasteiger partial charge is 0.416 e. The Bertz CT molecular complexity index is 1230. The molecule has 1 aliphatic rings. The van der Waals surface area contributed by atoms with Crippen molar-refractivity contribution in [3.63, 3.8) is 0 Å². The number of hydrogen-bond donors (Lipinski definition) is 0. The van der Waals surface area contributed by atoms with E-state index in [-0.39, 0.29) is 34.3 Å². The number of allylic oxidation sites excluding steroid dienone is 6. The van der Waals surface area contributed by atoms with Gasteiger partial charge in [-0.3, -0.25) is 0 Å². The fraction of sp³-hybridized carbons (Fsp3) is 0.250. The molecule has 158 valence electrons. The van der Waals surface area contributed by atoms with Crippen LogP contribution in [0.2, 0.25) is 0 Å². The van der Waals surface area contributed by atoms with E-state index in [4.69, 9.17) is 0 Å². The summed E-state index contributed by atoms with van der Waals surface area (Å²) in [6, 6.07) is 8.90. The molecule has 3 rings (SSSR count). The average molecular weight is 428 g/mol. The maximum Gasteiger partial charge on any atom is 0.416 e. The van der Waals surface area contributed by atoms with E-state index in [0.29, 0.717) is 10.8 Å². The molecule has 2 nitrogen and oxygen atoms in total. The van der Waals surface area contributed by atoms with Crippen LogP contribution >= 0.6 is 0 Å². The van der Waals surface area contributed by atoms with Gasteiger partial charge in [0.2, 0.25) is 6.43 Å². The smallest absolute Gasteiger partial charge is 0.210 e. The molecule has 2 aromatic rings. The van der Waals surface area contributed by atoms with Gasteiger partial charge in [0.1, 0.15) is 12.1 Å². The Morgan fingerprint density at radius 1 is 1.00 bits per heavy atom. The van der Waals surface area contributed by atoms with Gasteiger partial charge in [0.05, 0.1) is 16.7 Å². The first kappa shape index (κ1) is 22.2. The molecule has 0 atom stereocenters. The molecule has 0 N–H and O–H groups in total. The molecule has 0 heterocycles. The lowest BCUT2D eigenvalue weighted by Gasteiger charge is -2.15. The van der Waals surface area contributed by atoms with E-state index >= 15 is 0 Å². The van der Waals surface area contributed by atoms with Crippen LogP contribution in [-0.4, -0.2) is 12.6 Å². The van der Waals surface area contributed by atoms with E-state index < -0.39 is 24.6 Å². The van der Waals surface area contributed by atoms with Gasteiger partial charge in [-0.1, -0.05) is 29.9 Å². The van der Waals surface area contributed by atoms with Gasteiger partial charge < -0.3 is 0 Å². The molecule has 0 amide bonds. The van der Waals surface area contributed by atoms with Crippen molar-refractivity contribution < 1.29 is 22.0 Å². The van der Waals surface area contributed by atoms with Crippen LogP contribution in [-0.2, 0) is 0 Å². The van der Waals surface area contributed by atoms with Crippen molar-refractivity contribution in [2.45, 2.75) is 39.3 Å². The van der Waals surface area contributed by atoms with E-state index in [0.717, 1.165) is 23.3 Å². The minimum absolute atomic E-state index is 0.0137. The van der Waals surface area contributed by atoms with Gasteiger partial charge in [0, 0.05) is 12.0 Å². The second kappa shape index (κ2) is 8.35. The third-order valence-corrected chi connectivity index (χ3v) is 5.27. The van der Waals surface area contributed by atoms with Crippen LogP contribution in [0.5, 0.6) is 0 Å². The van der Waals surface area contributed by atoms with Crippen molar-refractivity contribution in [2.24, 2.45) is 0 Å². The van der Waals surface area contributed by atoms with Crippen LogP contribution in [0.15, 0.2) is 47.6 Å². The summed E-state index contributed by atoms with van der Waals surface area (Å²) in [5, 5.41) is 20.4. The second-order valence-corrected chi connectivity index (χ2v) is 7.41. The number of aryl methyl sites for hydroxylation is 2. The van der Waals surface area contributed by atoms with Crippen LogP contribution < -0.4 is 0 Å². The normalized spacial score (nSPS) is 14.5. The van der Waals surface area contributed by atoms with Gasteiger partial charge >= 0.3 is 6.18 Å². The Hall–Kier alpha value is -3.45. The highest BCUT2D eigenvalue weighted by Gasteiger charge is 2.33. The molecule has 0 unspecified atom stereocenters. The molecule has 0 saturated heterocycles. The third kappa shape index (κ3) is 4.51. The van der Waals surface area contributed by atoms with Crippen molar-refractivity contribution >= 4 is 16.3 Å². The number of fused-ring (bicyclic) bond motifs is 1. The van der Waals surface area contributed by atoms with E-state index in [1.54, 1.807) is 12.1 Å². The van der Waals surface area contributed by atoms with Crippen LogP contribution in [0.25, 0.3) is 16.3 Å². The monoisotopic (exact) mass is 428 g/mol. The van der Waals surface area contributed by atoms with Crippen LogP contribution in [0.3, 0.4) is 0 Å². The maximum absolute atomic E-state index is 13.6. The average Bonchev–Trinajstić information content (AvgIpc) is 2.89. The van der Waals surface area contributed by atoms with Crippen molar-refractivity contribution in [2.75, 3.05) is 0 Å². The second-order valence-electron chi connectivity index (χ2n) is 7.41. The van der Waals surface area contributed by atoms with Crippen molar-refractivity contribution in [1.29, 1.82) is 10.5 Å². The Balaban J connectivity index is 2.44. The number of alkyl halides is 5. The van der Waals surface area contributed by atoms with Gasteiger partial charge in [-0.15, -0.1) is 0 Å². The SMILES string of the molecule is Cc1cc2cc(C#N)c(C#N)c(C3=CC(C(F)(F)F)=CCC(CC(F)F)=C3)c2cc1C. The van der Waals surface area contributed by atoms with Crippen molar-refractivity contribution in [1.82, 2.24) is 0 Å². The minimum Gasteiger partial charge on any atom is -0.210 e. The molecule has 1 aliphatic carbocycles. The summed E-state index contributed by atoms with van der Waals surface area (Å²) in [6.45, 7) is 3.68. The molecule has 31 heavy (non-hydrogen) atoms. The summed E-state index contributed by atoms with van der Waals surface area (Å²) in [5.41, 5.74) is 0.948. The Kier molecular flexibility index (Phi) is 5.99. The van der Waals surface area contributed by atoms with E-state index in [2.05, 4.69) is 0 Å². The molecule has 2 aromatic carbocycles. The lowest BCUT2D eigenvalue weighted by molar-refractivity contribution is -0.0883. The van der Waals surface area contributed by atoms with Crippen LogP contribution in [0.4, 0.5) is 22.0 Å². The highest BCUT2D eigenvalue weighted by Crippen LogP contribution is 2.39. The number of hydrogen-bond acceptors (Lipinski definition) is 2. The fourth-order valence-corrected chi connectivity index (χ4v) is 3.65. The number of nitrogens with zero attached hydrogens (tertiary/aromatic N) is 2. The third-order valence-electron chi connectivity index (χ3n) is 5.27. The minimum atomic E-state index is -4.69. The van der Waals surface area contributed by atoms with Gasteiger partial charge in [0.15, 0.2) is 0 Å². The molecule has 0 aliphatic heterocycles. The number of rotatable bonds is 3.